The van der Waals surface area contributed by atoms with Gasteiger partial charge >= 0.3 is 0 Å². The van der Waals surface area contributed by atoms with Crippen LogP contribution in [0.3, 0.4) is 0 Å². The van der Waals surface area contributed by atoms with Gasteiger partial charge < -0.3 is 10.2 Å². The van der Waals surface area contributed by atoms with Crippen LogP contribution in [-0.2, 0) is 29.4 Å². The number of nitrogens with zero attached hydrogens (tertiary/aromatic N) is 2. The zero-order chi connectivity index (χ0) is 23.8. The summed E-state index contributed by atoms with van der Waals surface area (Å²) in [6.45, 7) is 2.91. The molecule has 9 nitrogen and oxygen atoms in total. The summed E-state index contributed by atoms with van der Waals surface area (Å²) in [6, 6.07) is 5.76. The number of carbonyl (C=O) groups is 2. The molecule has 4 rings (SSSR count). The summed E-state index contributed by atoms with van der Waals surface area (Å²) in [5.74, 6) is -0.695. The molecule has 0 spiro atoms. The SMILES string of the molecule is Cc1ccc(S(=O)(=O)N2CCC(C(=O)N3CCC[C@@H]3C(=O)N[C@H]3CCS(=O)(=O)C3)CC2)cc1. The van der Waals surface area contributed by atoms with Gasteiger partial charge in [0, 0.05) is 31.6 Å². The molecular weight excluding hydrogens is 466 g/mol. The van der Waals surface area contributed by atoms with E-state index in [0.29, 0.717) is 38.6 Å². The largest absolute Gasteiger partial charge is 0.351 e. The van der Waals surface area contributed by atoms with Crippen LogP contribution in [-0.4, -0.2) is 81.1 Å². The number of hydrogen-bond donors (Lipinski definition) is 1. The molecule has 3 aliphatic heterocycles. The number of hydrogen-bond acceptors (Lipinski definition) is 6. The molecule has 1 N–H and O–H groups in total. The highest BCUT2D eigenvalue weighted by atomic mass is 32.2. The number of aryl methyl sites for hydroxylation is 1. The fraction of sp³-hybridized carbons (Fsp3) is 0.636. The van der Waals surface area contributed by atoms with Crippen LogP contribution in [0.25, 0.3) is 0 Å². The monoisotopic (exact) mass is 497 g/mol. The van der Waals surface area contributed by atoms with Gasteiger partial charge in [-0.2, -0.15) is 4.31 Å². The molecule has 3 saturated heterocycles. The van der Waals surface area contributed by atoms with Gasteiger partial charge in [0.05, 0.1) is 16.4 Å². The second-order valence-corrected chi connectivity index (χ2v) is 13.5. The molecule has 0 radical (unpaired) electrons. The Labute approximate surface area is 195 Å². The molecule has 3 fully saturated rings. The predicted molar refractivity (Wildman–Crippen MR) is 123 cm³/mol. The van der Waals surface area contributed by atoms with Crippen LogP contribution in [0, 0.1) is 12.8 Å². The maximum Gasteiger partial charge on any atom is 0.243 e. The van der Waals surface area contributed by atoms with Gasteiger partial charge in [0.15, 0.2) is 9.84 Å². The van der Waals surface area contributed by atoms with E-state index in [0.717, 1.165) is 5.56 Å². The number of carbonyl (C=O) groups excluding carboxylic acids is 2. The van der Waals surface area contributed by atoms with Crippen molar-refractivity contribution in [2.75, 3.05) is 31.1 Å². The van der Waals surface area contributed by atoms with Crippen molar-refractivity contribution in [1.82, 2.24) is 14.5 Å². The molecule has 182 valence electrons. The summed E-state index contributed by atoms with van der Waals surface area (Å²) in [6.07, 6.45) is 2.50. The van der Waals surface area contributed by atoms with Gasteiger partial charge in [0.2, 0.25) is 21.8 Å². The van der Waals surface area contributed by atoms with Gasteiger partial charge in [0.25, 0.3) is 0 Å². The topological polar surface area (TPSA) is 121 Å². The minimum atomic E-state index is -3.60. The molecule has 1 aromatic carbocycles. The number of rotatable bonds is 5. The zero-order valence-corrected chi connectivity index (χ0v) is 20.4. The Bertz CT molecular complexity index is 1110. The fourth-order valence-corrected chi connectivity index (χ4v) is 8.09. The summed E-state index contributed by atoms with van der Waals surface area (Å²) >= 11 is 0. The quantitative estimate of drug-likeness (QED) is 0.639. The predicted octanol–water partition coefficient (Wildman–Crippen LogP) is 0.690. The molecule has 0 saturated carbocycles. The first-order valence-corrected chi connectivity index (χ1v) is 14.7. The fourth-order valence-electron chi connectivity index (χ4n) is 4.95. The number of sulfonamides is 1. The van der Waals surface area contributed by atoms with E-state index < -0.39 is 31.9 Å². The van der Waals surface area contributed by atoms with Crippen LogP contribution in [0.4, 0.5) is 0 Å². The maximum absolute atomic E-state index is 13.2. The highest BCUT2D eigenvalue weighted by Gasteiger charge is 2.40. The third kappa shape index (κ3) is 5.25. The number of nitrogens with one attached hydrogen (secondary N) is 1. The van der Waals surface area contributed by atoms with E-state index in [1.807, 2.05) is 6.92 Å². The van der Waals surface area contributed by atoms with Crippen LogP contribution >= 0.6 is 0 Å². The lowest BCUT2D eigenvalue weighted by Crippen LogP contribution is -2.51. The van der Waals surface area contributed by atoms with E-state index in [9.17, 15) is 26.4 Å². The van der Waals surface area contributed by atoms with Crippen molar-refractivity contribution in [2.45, 2.75) is 56.0 Å². The second kappa shape index (κ2) is 9.34. The molecule has 3 aliphatic rings. The van der Waals surface area contributed by atoms with Crippen molar-refractivity contribution in [3.05, 3.63) is 29.8 Å². The van der Waals surface area contributed by atoms with E-state index in [-0.39, 0.29) is 47.2 Å². The van der Waals surface area contributed by atoms with Crippen LogP contribution in [0.2, 0.25) is 0 Å². The number of sulfone groups is 1. The Kier molecular flexibility index (Phi) is 6.84. The van der Waals surface area contributed by atoms with Crippen molar-refractivity contribution in [2.24, 2.45) is 5.92 Å². The third-order valence-electron chi connectivity index (χ3n) is 6.88. The maximum atomic E-state index is 13.2. The highest BCUT2D eigenvalue weighted by molar-refractivity contribution is 7.91. The second-order valence-electron chi connectivity index (χ2n) is 9.29. The lowest BCUT2D eigenvalue weighted by atomic mass is 9.96. The first-order chi connectivity index (χ1) is 15.6. The summed E-state index contributed by atoms with van der Waals surface area (Å²) in [4.78, 5) is 27.8. The average Bonchev–Trinajstić information content (AvgIpc) is 3.40. The molecule has 0 bridgehead atoms. The number of amides is 2. The molecule has 0 aliphatic carbocycles. The van der Waals surface area contributed by atoms with Crippen molar-refractivity contribution in [1.29, 1.82) is 0 Å². The van der Waals surface area contributed by atoms with Crippen molar-refractivity contribution >= 4 is 31.7 Å². The molecule has 33 heavy (non-hydrogen) atoms. The molecule has 3 heterocycles. The van der Waals surface area contributed by atoms with Crippen LogP contribution < -0.4 is 5.32 Å². The lowest BCUT2D eigenvalue weighted by Gasteiger charge is -2.34. The van der Waals surface area contributed by atoms with Crippen molar-refractivity contribution in [3.63, 3.8) is 0 Å². The smallest absolute Gasteiger partial charge is 0.243 e. The third-order valence-corrected chi connectivity index (χ3v) is 10.6. The Balaban J connectivity index is 1.35. The van der Waals surface area contributed by atoms with Crippen LogP contribution in [0.1, 0.15) is 37.7 Å². The number of benzene rings is 1. The Morgan fingerprint density at radius 2 is 1.67 bits per heavy atom. The van der Waals surface area contributed by atoms with E-state index in [2.05, 4.69) is 5.32 Å². The molecular formula is C22H31N3O6S2. The van der Waals surface area contributed by atoms with Crippen LogP contribution in [0.15, 0.2) is 29.2 Å². The number of likely N-dealkylation sites (tertiary alicyclic amines) is 1. The van der Waals surface area contributed by atoms with E-state index >= 15 is 0 Å². The number of piperidine rings is 1. The standard InChI is InChI=1S/C22H31N3O6S2/c1-16-4-6-19(7-5-16)33(30,31)24-12-8-17(9-13-24)22(27)25-11-2-3-20(25)21(26)23-18-10-14-32(28,29)15-18/h4-7,17-18,20H,2-3,8-15H2,1H3,(H,23,26)/t18-,20+/m0/s1. The zero-order valence-electron chi connectivity index (χ0n) is 18.8. The van der Waals surface area contributed by atoms with Gasteiger partial charge in [-0.25, -0.2) is 16.8 Å². The molecule has 2 atom stereocenters. The average molecular weight is 498 g/mol. The van der Waals surface area contributed by atoms with Crippen LogP contribution in [0.5, 0.6) is 0 Å². The summed E-state index contributed by atoms with van der Waals surface area (Å²) < 4.78 is 50.6. The van der Waals surface area contributed by atoms with E-state index in [1.54, 1.807) is 29.2 Å². The first-order valence-electron chi connectivity index (χ1n) is 11.4. The minimum Gasteiger partial charge on any atom is -0.351 e. The van der Waals surface area contributed by atoms with Crippen molar-refractivity contribution in [3.8, 4) is 0 Å². The molecule has 0 aromatic heterocycles. The van der Waals surface area contributed by atoms with Gasteiger partial charge in [-0.1, -0.05) is 17.7 Å². The Hall–Kier alpha value is -1.98. The van der Waals surface area contributed by atoms with Gasteiger partial charge in [-0.3, -0.25) is 9.59 Å². The molecule has 1 aromatic rings. The highest BCUT2D eigenvalue weighted by Crippen LogP contribution is 2.28. The van der Waals surface area contributed by atoms with Gasteiger partial charge in [-0.15, -0.1) is 0 Å². The first kappa shape index (κ1) is 24.2. The Morgan fingerprint density at radius 1 is 1.00 bits per heavy atom. The molecule has 11 heteroatoms. The molecule has 2 amide bonds. The minimum absolute atomic E-state index is 0.0483. The summed E-state index contributed by atoms with van der Waals surface area (Å²) in [7, 11) is -6.70. The van der Waals surface area contributed by atoms with Gasteiger partial charge in [-0.05, 0) is 51.2 Å². The molecule has 0 unspecified atom stereocenters. The normalized spacial score (nSPS) is 26.4. The lowest BCUT2D eigenvalue weighted by molar-refractivity contribution is -0.142. The summed E-state index contributed by atoms with van der Waals surface area (Å²) in [5.41, 5.74) is 0.983. The van der Waals surface area contributed by atoms with E-state index in [4.69, 9.17) is 0 Å². The van der Waals surface area contributed by atoms with Crippen molar-refractivity contribution < 1.29 is 26.4 Å². The van der Waals surface area contributed by atoms with E-state index in [1.165, 1.54) is 4.31 Å². The van der Waals surface area contributed by atoms with Gasteiger partial charge in [0.1, 0.15) is 6.04 Å². The Morgan fingerprint density at radius 3 is 2.27 bits per heavy atom. The summed E-state index contributed by atoms with van der Waals surface area (Å²) in [5, 5.41) is 2.81.